The van der Waals surface area contributed by atoms with Crippen LogP contribution in [0.2, 0.25) is 5.02 Å². The molecule has 0 bridgehead atoms. The molecule has 2 atom stereocenters. The SMILES string of the molecule is C[C@@H](NC(=O)c1ccc(Cl)cc1)C(=O)N[C@H](Cc1ccccc1)C(=O)C(=O)NCc1ccccn1. The number of carbonyl (C=O) groups is 4. The first kappa shape index (κ1) is 25.6. The molecule has 3 amide bonds. The standard InChI is InChI=1S/C26H25ClN4O4/c1-17(30-25(34)19-10-12-20(27)13-11-19)24(33)31-22(15-18-7-3-2-4-8-18)23(32)26(35)29-16-21-9-5-6-14-28-21/h2-14,17,22H,15-16H2,1H3,(H,29,35)(H,30,34)(H,31,33)/t17-,22-/m1/s1. The summed E-state index contributed by atoms with van der Waals surface area (Å²) in [6, 6.07) is 18.4. The Morgan fingerprint density at radius 1 is 0.886 bits per heavy atom. The minimum atomic E-state index is -1.12. The number of hydrogen-bond acceptors (Lipinski definition) is 5. The van der Waals surface area contributed by atoms with Gasteiger partial charge in [0.05, 0.1) is 12.2 Å². The molecule has 3 N–H and O–H groups in total. The fourth-order valence-electron chi connectivity index (χ4n) is 3.22. The minimum absolute atomic E-state index is 0.0744. The van der Waals surface area contributed by atoms with E-state index in [9.17, 15) is 19.2 Å². The van der Waals surface area contributed by atoms with E-state index in [1.165, 1.54) is 19.1 Å². The van der Waals surface area contributed by atoms with E-state index in [0.717, 1.165) is 5.56 Å². The number of hydrogen-bond donors (Lipinski definition) is 3. The second kappa shape index (κ2) is 12.4. The monoisotopic (exact) mass is 492 g/mol. The third-order valence-electron chi connectivity index (χ3n) is 5.14. The molecule has 35 heavy (non-hydrogen) atoms. The number of Topliss-reactive ketones (excluding diaryl/α,β-unsaturated/α-hetero) is 1. The molecule has 2 aromatic carbocycles. The highest BCUT2D eigenvalue weighted by atomic mass is 35.5. The third-order valence-corrected chi connectivity index (χ3v) is 5.39. The molecule has 1 heterocycles. The van der Waals surface area contributed by atoms with Gasteiger partial charge in [-0.05, 0) is 48.9 Å². The summed E-state index contributed by atoms with van der Waals surface area (Å²) in [4.78, 5) is 54.9. The first-order chi connectivity index (χ1) is 16.8. The number of ketones is 1. The molecule has 8 nitrogen and oxygen atoms in total. The van der Waals surface area contributed by atoms with Gasteiger partial charge in [-0.3, -0.25) is 24.2 Å². The Labute approximate surface area is 208 Å². The van der Waals surface area contributed by atoms with Crippen molar-refractivity contribution >= 4 is 35.1 Å². The predicted octanol–water partition coefficient (Wildman–Crippen LogP) is 2.47. The zero-order valence-electron chi connectivity index (χ0n) is 19.0. The summed E-state index contributed by atoms with van der Waals surface area (Å²) in [5.41, 5.74) is 1.69. The van der Waals surface area contributed by atoms with Crippen LogP contribution in [0, 0.1) is 0 Å². The van der Waals surface area contributed by atoms with Gasteiger partial charge in [0.15, 0.2) is 0 Å². The van der Waals surface area contributed by atoms with Gasteiger partial charge in [-0.25, -0.2) is 0 Å². The van der Waals surface area contributed by atoms with Gasteiger partial charge in [-0.15, -0.1) is 0 Å². The van der Waals surface area contributed by atoms with Crippen LogP contribution >= 0.6 is 11.6 Å². The molecule has 0 spiro atoms. The molecule has 0 fully saturated rings. The van der Waals surface area contributed by atoms with Crippen LogP contribution in [0.4, 0.5) is 0 Å². The minimum Gasteiger partial charge on any atom is -0.344 e. The number of rotatable bonds is 10. The summed E-state index contributed by atoms with van der Waals surface area (Å²) in [5, 5.41) is 8.22. The van der Waals surface area contributed by atoms with Crippen molar-refractivity contribution in [2.45, 2.75) is 32.0 Å². The third kappa shape index (κ3) is 7.75. The number of halogens is 1. The van der Waals surface area contributed by atoms with E-state index in [2.05, 4.69) is 20.9 Å². The van der Waals surface area contributed by atoms with E-state index in [4.69, 9.17) is 11.6 Å². The summed E-state index contributed by atoms with van der Waals surface area (Å²) >= 11 is 5.84. The second-order valence-corrected chi connectivity index (χ2v) is 8.26. The lowest BCUT2D eigenvalue weighted by Crippen LogP contribution is -2.53. The molecule has 0 aliphatic rings. The van der Waals surface area contributed by atoms with E-state index in [1.54, 1.807) is 60.8 Å². The molecule has 180 valence electrons. The molecule has 0 saturated heterocycles. The average molecular weight is 493 g/mol. The topological polar surface area (TPSA) is 117 Å². The molecule has 9 heteroatoms. The average Bonchev–Trinajstić information content (AvgIpc) is 2.88. The quantitative estimate of drug-likeness (QED) is 0.376. The van der Waals surface area contributed by atoms with Crippen LogP contribution in [0.1, 0.15) is 28.5 Å². The Hall–Kier alpha value is -4.04. The van der Waals surface area contributed by atoms with E-state index < -0.39 is 35.6 Å². The maximum absolute atomic E-state index is 13.0. The molecule has 3 aromatic rings. The lowest BCUT2D eigenvalue weighted by Gasteiger charge is -2.21. The summed E-state index contributed by atoms with van der Waals surface area (Å²) in [5.74, 6) is -2.70. The smallest absolute Gasteiger partial charge is 0.289 e. The highest BCUT2D eigenvalue weighted by Crippen LogP contribution is 2.10. The number of amides is 3. The summed E-state index contributed by atoms with van der Waals surface area (Å²) in [6.07, 6.45) is 1.70. The van der Waals surface area contributed by atoms with E-state index in [0.29, 0.717) is 16.3 Å². The fourth-order valence-corrected chi connectivity index (χ4v) is 3.35. The number of benzene rings is 2. The van der Waals surface area contributed by atoms with Crippen LogP contribution in [0.15, 0.2) is 79.0 Å². The van der Waals surface area contributed by atoms with Gasteiger partial charge in [0.25, 0.3) is 11.8 Å². The van der Waals surface area contributed by atoms with Gasteiger partial charge in [-0.1, -0.05) is 48.0 Å². The summed E-state index contributed by atoms with van der Waals surface area (Å²) in [7, 11) is 0. The van der Waals surface area contributed by atoms with Crippen molar-refractivity contribution in [3.63, 3.8) is 0 Å². The molecular formula is C26H25ClN4O4. The Balaban J connectivity index is 1.66. The van der Waals surface area contributed by atoms with Crippen molar-refractivity contribution in [3.05, 3.63) is 101 Å². The molecule has 0 unspecified atom stereocenters. The molecule has 0 aliphatic heterocycles. The number of aromatic nitrogens is 1. The van der Waals surface area contributed by atoms with E-state index in [1.807, 2.05) is 6.07 Å². The maximum atomic E-state index is 13.0. The van der Waals surface area contributed by atoms with Crippen LogP contribution in [-0.4, -0.2) is 40.6 Å². The molecule has 0 saturated carbocycles. The van der Waals surface area contributed by atoms with E-state index >= 15 is 0 Å². The number of carbonyl (C=O) groups excluding carboxylic acids is 4. The van der Waals surface area contributed by atoms with Crippen molar-refractivity contribution in [1.29, 1.82) is 0 Å². The highest BCUT2D eigenvalue weighted by Gasteiger charge is 2.29. The van der Waals surface area contributed by atoms with Crippen molar-refractivity contribution in [2.24, 2.45) is 0 Å². The number of nitrogens with zero attached hydrogens (tertiary/aromatic N) is 1. The zero-order valence-corrected chi connectivity index (χ0v) is 19.8. The Morgan fingerprint density at radius 2 is 1.57 bits per heavy atom. The largest absolute Gasteiger partial charge is 0.344 e. The van der Waals surface area contributed by atoms with E-state index in [-0.39, 0.29) is 13.0 Å². The van der Waals surface area contributed by atoms with Crippen molar-refractivity contribution < 1.29 is 19.2 Å². The Bertz CT molecular complexity index is 1170. The van der Waals surface area contributed by atoms with Crippen LogP contribution in [0.3, 0.4) is 0 Å². The van der Waals surface area contributed by atoms with Crippen LogP contribution < -0.4 is 16.0 Å². The van der Waals surface area contributed by atoms with Crippen molar-refractivity contribution in [3.8, 4) is 0 Å². The molecule has 0 radical (unpaired) electrons. The van der Waals surface area contributed by atoms with Gasteiger partial charge in [0.1, 0.15) is 12.1 Å². The van der Waals surface area contributed by atoms with Crippen molar-refractivity contribution in [2.75, 3.05) is 0 Å². The fraction of sp³-hybridized carbons (Fsp3) is 0.192. The first-order valence-electron chi connectivity index (χ1n) is 11.0. The van der Waals surface area contributed by atoms with Crippen LogP contribution in [0.5, 0.6) is 0 Å². The molecule has 3 rings (SSSR count). The van der Waals surface area contributed by atoms with Crippen LogP contribution in [0.25, 0.3) is 0 Å². The van der Waals surface area contributed by atoms with Crippen molar-refractivity contribution in [1.82, 2.24) is 20.9 Å². The Morgan fingerprint density at radius 3 is 2.23 bits per heavy atom. The zero-order chi connectivity index (χ0) is 25.2. The Kier molecular flexibility index (Phi) is 9.09. The lowest BCUT2D eigenvalue weighted by molar-refractivity contribution is -0.140. The molecular weight excluding hydrogens is 468 g/mol. The molecule has 1 aromatic heterocycles. The summed E-state index contributed by atoms with van der Waals surface area (Å²) < 4.78 is 0. The van der Waals surface area contributed by atoms with Gasteiger partial charge in [0.2, 0.25) is 11.7 Å². The second-order valence-electron chi connectivity index (χ2n) is 7.82. The lowest BCUT2D eigenvalue weighted by atomic mass is 10.0. The maximum Gasteiger partial charge on any atom is 0.289 e. The predicted molar refractivity (Wildman–Crippen MR) is 132 cm³/mol. The highest BCUT2D eigenvalue weighted by molar-refractivity contribution is 6.38. The van der Waals surface area contributed by atoms with Gasteiger partial charge < -0.3 is 16.0 Å². The van der Waals surface area contributed by atoms with Gasteiger partial charge in [-0.2, -0.15) is 0 Å². The summed E-state index contributed by atoms with van der Waals surface area (Å²) in [6.45, 7) is 1.57. The first-order valence-corrected chi connectivity index (χ1v) is 11.3. The normalized spacial score (nSPS) is 12.2. The number of nitrogens with one attached hydrogen (secondary N) is 3. The van der Waals surface area contributed by atoms with Gasteiger partial charge >= 0.3 is 0 Å². The number of pyridine rings is 1. The van der Waals surface area contributed by atoms with Crippen LogP contribution in [-0.2, 0) is 27.3 Å². The molecule has 0 aliphatic carbocycles. The van der Waals surface area contributed by atoms with Gasteiger partial charge in [0, 0.05) is 23.2 Å².